The number of nitrogens with zero attached hydrogens (tertiary/aromatic N) is 2. The van der Waals surface area contributed by atoms with Gasteiger partial charge in [0.2, 0.25) is 10.0 Å². The molecule has 110 valence electrons. The van der Waals surface area contributed by atoms with Crippen molar-refractivity contribution in [1.82, 2.24) is 15.1 Å². The van der Waals surface area contributed by atoms with E-state index in [2.05, 4.69) is 15.1 Å². The van der Waals surface area contributed by atoms with Gasteiger partial charge in [0.1, 0.15) is 0 Å². The van der Waals surface area contributed by atoms with Crippen LogP contribution in [0.3, 0.4) is 0 Å². The van der Waals surface area contributed by atoms with Crippen molar-refractivity contribution in [2.45, 2.75) is 31.2 Å². The molecule has 2 heterocycles. The monoisotopic (exact) mass is 304 g/mol. The molecule has 0 saturated heterocycles. The number of hydrogen-bond acceptors (Lipinski definition) is 4. The molecule has 0 unspecified atom stereocenters. The van der Waals surface area contributed by atoms with Crippen LogP contribution in [0.15, 0.2) is 30.5 Å². The van der Waals surface area contributed by atoms with E-state index in [9.17, 15) is 8.42 Å². The number of nitrogens with one attached hydrogen (secondary N) is 2. The lowest BCUT2D eigenvalue weighted by atomic mass is 10.2. The second kappa shape index (κ2) is 4.57. The van der Waals surface area contributed by atoms with Crippen LogP contribution in [0.4, 0.5) is 5.69 Å². The van der Waals surface area contributed by atoms with Crippen molar-refractivity contribution in [3.05, 3.63) is 41.7 Å². The minimum absolute atomic E-state index is 0.223. The van der Waals surface area contributed by atoms with Crippen molar-refractivity contribution in [1.29, 1.82) is 0 Å². The Morgan fingerprint density at radius 2 is 2.14 bits per heavy atom. The molecular formula is C14H16N4O2S. The fraction of sp³-hybridized carbons (Fsp3) is 0.357. The van der Waals surface area contributed by atoms with Gasteiger partial charge < -0.3 is 5.32 Å². The first-order chi connectivity index (χ1) is 10.1. The molecule has 1 fully saturated rings. The Morgan fingerprint density at radius 1 is 1.29 bits per heavy atom. The standard InChI is InChI=1S/C14H16N4O2S/c19-21(20,13-4-5-13)17-11-2-1-3-12(6-11)18-14-9-15-7-10(14)8-16-18/h1-3,6,8,13,15,17H,4-5,7,9H2. The fourth-order valence-electron chi connectivity index (χ4n) is 2.61. The molecule has 0 amide bonds. The van der Waals surface area contributed by atoms with Crippen molar-refractivity contribution in [2.24, 2.45) is 0 Å². The maximum atomic E-state index is 12.0. The summed E-state index contributed by atoms with van der Waals surface area (Å²) in [6.07, 6.45) is 3.37. The molecule has 21 heavy (non-hydrogen) atoms. The van der Waals surface area contributed by atoms with Crippen LogP contribution in [0.25, 0.3) is 5.69 Å². The van der Waals surface area contributed by atoms with E-state index in [1.807, 2.05) is 29.1 Å². The summed E-state index contributed by atoms with van der Waals surface area (Å²) < 4.78 is 28.5. The molecule has 2 aliphatic rings. The lowest BCUT2D eigenvalue weighted by Gasteiger charge is -2.10. The number of rotatable bonds is 4. The third-order valence-electron chi connectivity index (χ3n) is 3.88. The fourth-order valence-corrected chi connectivity index (χ4v) is 3.99. The van der Waals surface area contributed by atoms with Crippen LogP contribution >= 0.6 is 0 Å². The first kappa shape index (κ1) is 12.8. The first-order valence-corrected chi connectivity index (χ1v) is 8.57. The molecule has 0 bridgehead atoms. The molecule has 6 nitrogen and oxygen atoms in total. The van der Waals surface area contributed by atoms with Crippen molar-refractivity contribution in [3.8, 4) is 5.69 Å². The summed E-state index contributed by atoms with van der Waals surface area (Å²) in [5, 5.41) is 7.45. The van der Waals surface area contributed by atoms with E-state index in [4.69, 9.17) is 0 Å². The highest BCUT2D eigenvalue weighted by atomic mass is 32.2. The van der Waals surface area contributed by atoms with Gasteiger partial charge in [0.25, 0.3) is 0 Å². The van der Waals surface area contributed by atoms with Crippen LogP contribution in [-0.2, 0) is 23.1 Å². The average Bonchev–Trinajstić information content (AvgIpc) is 3.09. The molecule has 4 rings (SSSR count). The van der Waals surface area contributed by atoms with E-state index < -0.39 is 10.0 Å². The predicted octanol–water partition coefficient (Wildman–Crippen LogP) is 1.38. The molecule has 1 aromatic carbocycles. The third-order valence-corrected chi connectivity index (χ3v) is 5.75. The molecule has 1 aromatic heterocycles. The highest BCUT2D eigenvalue weighted by Crippen LogP contribution is 2.30. The lowest BCUT2D eigenvalue weighted by molar-refractivity contribution is 0.600. The Balaban J connectivity index is 1.66. The van der Waals surface area contributed by atoms with Gasteiger partial charge in [-0.15, -0.1) is 0 Å². The smallest absolute Gasteiger partial charge is 0.235 e. The quantitative estimate of drug-likeness (QED) is 0.895. The molecule has 0 atom stereocenters. The van der Waals surface area contributed by atoms with Crippen LogP contribution in [0.2, 0.25) is 0 Å². The molecule has 0 spiro atoms. The Kier molecular flexibility index (Phi) is 2.80. The van der Waals surface area contributed by atoms with Crippen molar-refractivity contribution < 1.29 is 8.42 Å². The highest BCUT2D eigenvalue weighted by Gasteiger charge is 2.35. The van der Waals surface area contributed by atoms with E-state index in [-0.39, 0.29) is 5.25 Å². The average molecular weight is 304 g/mol. The number of anilines is 1. The van der Waals surface area contributed by atoms with E-state index in [0.717, 1.165) is 37.3 Å². The molecule has 1 aliphatic heterocycles. The molecule has 2 N–H and O–H groups in total. The number of aromatic nitrogens is 2. The minimum Gasteiger partial charge on any atom is -0.307 e. The number of hydrogen-bond donors (Lipinski definition) is 2. The zero-order valence-corrected chi connectivity index (χ0v) is 12.2. The van der Waals surface area contributed by atoms with E-state index >= 15 is 0 Å². The molecule has 0 radical (unpaired) electrons. The Bertz CT molecular complexity index is 793. The molecule has 7 heteroatoms. The summed E-state index contributed by atoms with van der Waals surface area (Å²) >= 11 is 0. The van der Waals surface area contributed by atoms with Gasteiger partial charge in [-0.2, -0.15) is 5.10 Å². The Labute approximate surface area is 123 Å². The van der Waals surface area contributed by atoms with E-state index in [1.165, 1.54) is 5.56 Å². The van der Waals surface area contributed by atoms with Crippen molar-refractivity contribution in [2.75, 3.05) is 4.72 Å². The van der Waals surface area contributed by atoms with Crippen LogP contribution in [-0.4, -0.2) is 23.4 Å². The SMILES string of the molecule is O=S(=O)(Nc1cccc(-n2ncc3c2CNC3)c1)C1CC1. The Hall–Kier alpha value is -1.86. The van der Waals surface area contributed by atoms with Crippen LogP contribution in [0.1, 0.15) is 24.1 Å². The first-order valence-electron chi connectivity index (χ1n) is 7.02. The molecular weight excluding hydrogens is 288 g/mol. The van der Waals surface area contributed by atoms with Crippen LogP contribution in [0.5, 0.6) is 0 Å². The number of sulfonamides is 1. The molecule has 1 aliphatic carbocycles. The van der Waals surface area contributed by atoms with E-state index in [1.54, 1.807) is 6.07 Å². The van der Waals surface area contributed by atoms with E-state index in [0.29, 0.717) is 5.69 Å². The van der Waals surface area contributed by atoms with Crippen molar-refractivity contribution in [3.63, 3.8) is 0 Å². The van der Waals surface area contributed by atoms with Gasteiger partial charge in [0.05, 0.1) is 28.5 Å². The summed E-state index contributed by atoms with van der Waals surface area (Å²) in [5.41, 5.74) is 3.79. The van der Waals surface area contributed by atoms with Gasteiger partial charge in [0, 0.05) is 18.7 Å². The number of fused-ring (bicyclic) bond motifs is 1. The predicted molar refractivity (Wildman–Crippen MR) is 79.7 cm³/mol. The van der Waals surface area contributed by atoms with Gasteiger partial charge in [-0.3, -0.25) is 4.72 Å². The normalized spacial score (nSPS) is 17.7. The van der Waals surface area contributed by atoms with Gasteiger partial charge in [0.15, 0.2) is 0 Å². The van der Waals surface area contributed by atoms with Gasteiger partial charge >= 0.3 is 0 Å². The van der Waals surface area contributed by atoms with Gasteiger partial charge in [-0.25, -0.2) is 13.1 Å². The number of benzene rings is 1. The summed E-state index contributed by atoms with van der Waals surface area (Å²) in [7, 11) is -3.23. The lowest BCUT2D eigenvalue weighted by Crippen LogP contribution is -2.17. The van der Waals surface area contributed by atoms with Crippen LogP contribution < -0.4 is 10.0 Å². The third kappa shape index (κ3) is 2.32. The maximum Gasteiger partial charge on any atom is 0.235 e. The van der Waals surface area contributed by atoms with Gasteiger partial charge in [-0.05, 0) is 31.0 Å². The largest absolute Gasteiger partial charge is 0.307 e. The summed E-state index contributed by atoms with van der Waals surface area (Å²) in [6, 6.07) is 7.37. The maximum absolute atomic E-state index is 12.0. The zero-order valence-electron chi connectivity index (χ0n) is 11.4. The van der Waals surface area contributed by atoms with Crippen LogP contribution in [0, 0.1) is 0 Å². The van der Waals surface area contributed by atoms with Gasteiger partial charge in [-0.1, -0.05) is 6.07 Å². The topological polar surface area (TPSA) is 76.0 Å². The Morgan fingerprint density at radius 3 is 2.95 bits per heavy atom. The summed E-state index contributed by atoms with van der Waals surface area (Å²) in [6.45, 7) is 1.62. The molecule has 2 aromatic rings. The minimum atomic E-state index is -3.23. The summed E-state index contributed by atoms with van der Waals surface area (Å²) in [4.78, 5) is 0. The van der Waals surface area contributed by atoms with Crippen molar-refractivity contribution >= 4 is 15.7 Å². The highest BCUT2D eigenvalue weighted by molar-refractivity contribution is 7.93. The second-order valence-corrected chi connectivity index (χ2v) is 7.49. The zero-order chi connectivity index (χ0) is 14.4. The second-order valence-electron chi connectivity index (χ2n) is 5.53. The summed E-state index contributed by atoms with van der Waals surface area (Å²) in [5.74, 6) is 0. The molecule has 1 saturated carbocycles.